The summed E-state index contributed by atoms with van der Waals surface area (Å²) in [5, 5.41) is 19.7. The largest absolute Gasteiger partial charge is 0.507 e. The Morgan fingerprint density at radius 1 is 1.57 bits per heavy atom. The maximum Gasteiger partial charge on any atom is 0.293 e. The van der Waals surface area contributed by atoms with Crippen molar-refractivity contribution < 1.29 is 14.8 Å². The van der Waals surface area contributed by atoms with E-state index in [9.17, 15) is 20.0 Å². The van der Waals surface area contributed by atoms with Gasteiger partial charge < -0.3 is 10.8 Å². The van der Waals surface area contributed by atoms with Crippen molar-refractivity contribution in [3.8, 4) is 5.75 Å². The van der Waals surface area contributed by atoms with Gasteiger partial charge in [-0.25, -0.2) is 0 Å². The number of aromatic hydroxyl groups is 1. The molecular weight excluding hydrogens is 188 g/mol. The second-order valence-corrected chi connectivity index (χ2v) is 2.74. The number of phenols is 1. The van der Waals surface area contributed by atoms with Crippen LogP contribution in [0, 0.1) is 10.1 Å². The predicted octanol–water partition coefficient (Wildman–Crippen LogP) is 1.09. The lowest BCUT2D eigenvalue weighted by Gasteiger charge is -2.02. The fraction of sp³-hybridized carbons (Fsp3) is 0.125. The topological polar surface area (TPSA) is 106 Å². The minimum atomic E-state index is -0.707. The molecule has 0 saturated carbocycles. The quantitative estimate of drug-likeness (QED) is 0.318. The highest BCUT2D eigenvalue weighted by atomic mass is 16.6. The van der Waals surface area contributed by atoms with Crippen molar-refractivity contribution in [3.63, 3.8) is 0 Å². The predicted molar refractivity (Wildman–Crippen MR) is 49.2 cm³/mol. The summed E-state index contributed by atoms with van der Waals surface area (Å²) in [5.41, 5.74) is 4.62. The van der Waals surface area contributed by atoms with Gasteiger partial charge in [0, 0.05) is 12.1 Å². The van der Waals surface area contributed by atoms with Gasteiger partial charge in [-0.1, -0.05) is 0 Å². The molecule has 0 saturated heterocycles. The third kappa shape index (κ3) is 1.63. The Balaban J connectivity index is 3.42. The van der Waals surface area contributed by atoms with Crippen LogP contribution < -0.4 is 5.73 Å². The molecule has 0 bridgehead atoms. The van der Waals surface area contributed by atoms with Gasteiger partial charge >= 0.3 is 0 Å². The lowest BCUT2D eigenvalue weighted by Crippen LogP contribution is -2.00. The first kappa shape index (κ1) is 9.97. The maximum absolute atomic E-state index is 10.9. The van der Waals surface area contributed by atoms with E-state index in [1.165, 1.54) is 6.92 Å². The van der Waals surface area contributed by atoms with Crippen LogP contribution in [0.2, 0.25) is 0 Å². The van der Waals surface area contributed by atoms with Crippen LogP contribution in [0.15, 0.2) is 12.1 Å². The first-order valence-electron chi connectivity index (χ1n) is 3.71. The summed E-state index contributed by atoms with van der Waals surface area (Å²) in [6, 6.07) is 1.96. The first-order valence-corrected chi connectivity index (χ1v) is 3.71. The molecule has 1 rings (SSSR count). The van der Waals surface area contributed by atoms with Crippen LogP contribution in [0.3, 0.4) is 0 Å². The number of ketones is 1. The Kier molecular flexibility index (Phi) is 2.37. The molecule has 6 nitrogen and oxygen atoms in total. The zero-order chi connectivity index (χ0) is 10.9. The van der Waals surface area contributed by atoms with Crippen LogP contribution >= 0.6 is 0 Å². The molecule has 0 aliphatic heterocycles. The van der Waals surface area contributed by atoms with Gasteiger partial charge in [0.1, 0.15) is 11.4 Å². The van der Waals surface area contributed by atoms with E-state index in [2.05, 4.69) is 0 Å². The lowest BCUT2D eigenvalue weighted by molar-refractivity contribution is -0.383. The number of benzene rings is 1. The Labute approximate surface area is 79.1 Å². The number of carbonyl (C=O) groups excluding carboxylic acids is 1. The van der Waals surface area contributed by atoms with E-state index >= 15 is 0 Å². The van der Waals surface area contributed by atoms with E-state index in [0.29, 0.717) is 0 Å². The monoisotopic (exact) mass is 196 g/mol. The van der Waals surface area contributed by atoms with E-state index < -0.39 is 10.7 Å². The number of hydrogen-bond acceptors (Lipinski definition) is 5. The average molecular weight is 196 g/mol. The van der Waals surface area contributed by atoms with Gasteiger partial charge in [0.05, 0.1) is 10.5 Å². The van der Waals surface area contributed by atoms with Crippen molar-refractivity contribution in [3.05, 3.63) is 27.8 Å². The average Bonchev–Trinajstić information content (AvgIpc) is 2.02. The van der Waals surface area contributed by atoms with E-state index in [0.717, 1.165) is 12.1 Å². The SMILES string of the molecule is CC(=O)c1cc([N+](=O)[O-])c(N)cc1O. The molecule has 1 aromatic carbocycles. The van der Waals surface area contributed by atoms with Crippen molar-refractivity contribution >= 4 is 17.2 Å². The molecule has 0 spiro atoms. The van der Waals surface area contributed by atoms with Crippen molar-refractivity contribution in [2.45, 2.75) is 6.92 Å². The zero-order valence-electron chi connectivity index (χ0n) is 7.35. The molecule has 0 atom stereocenters. The molecule has 0 radical (unpaired) electrons. The molecule has 3 N–H and O–H groups in total. The molecule has 14 heavy (non-hydrogen) atoms. The number of phenolic OH excluding ortho intramolecular Hbond substituents is 1. The fourth-order valence-corrected chi connectivity index (χ4v) is 1.03. The summed E-state index contributed by atoms with van der Waals surface area (Å²) >= 11 is 0. The van der Waals surface area contributed by atoms with E-state index in [1.807, 2.05) is 0 Å². The smallest absolute Gasteiger partial charge is 0.293 e. The number of rotatable bonds is 2. The normalized spacial score (nSPS) is 9.79. The molecule has 0 heterocycles. The first-order chi connectivity index (χ1) is 6.43. The minimum absolute atomic E-state index is 0.106. The van der Waals surface area contributed by atoms with Gasteiger partial charge in [-0.3, -0.25) is 14.9 Å². The van der Waals surface area contributed by atoms with E-state index in [4.69, 9.17) is 5.73 Å². The highest BCUT2D eigenvalue weighted by Crippen LogP contribution is 2.29. The summed E-state index contributed by atoms with van der Waals surface area (Å²) in [6.45, 7) is 1.20. The number of nitro benzene ring substituents is 1. The van der Waals surface area contributed by atoms with Crippen LogP contribution in [-0.4, -0.2) is 15.8 Å². The van der Waals surface area contributed by atoms with E-state index in [1.54, 1.807) is 0 Å². The van der Waals surface area contributed by atoms with Gasteiger partial charge in [0.15, 0.2) is 5.78 Å². The van der Waals surface area contributed by atoms with Crippen LogP contribution in [0.5, 0.6) is 5.75 Å². The summed E-state index contributed by atoms with van der Waals surface area (Å²) in [7, 11) is 0. The second-order valence-electron chi connectivity index (χ2n) is 2.74. The number of nitrogens with two attached hydrogens (primary N) is 1. The molecule has 0 amide bonds. The molecule has 6 heteroatoms. The van der Waals surface area contributed by atoms with Crippen molar-refractivity contribution in [1.82, 2.24) is 0 Å². The molecule has 74 valence electrons. The number of nitrogen functional groups attached to an aromatic ring is 1. The van der Waals surface area contributed by atoms with Gasteiger partial charge in [-0.15, -0.1) is 0 Å². The van der Waals surface area contributed by atoms with Crippen molar-refractivity contribution in [2.24, 2.45) is 0 Å². The molecule has 0 fully saturated rings. The number of nitro groups is 1. The van der Waals surface area contributed by atoms with Crippen LogP contribution in [0.1, 0.15) is 17.3 Å². The highest BCUT2D eigenvalue weighted by molar-refractivity contribution is 5.98. The van der Waals surface area contributed by atoms with Crippen molar-refractivity contribution in [2.75, 3.05) is 5.73 Å². The molecule has 0 aliphatic carbocycles. The maximum atomic E-state index is 10.9. The number of nitrogens with zero attached hydrogens (tertiary/aromatic N) is 1. The summed E-state index contributed by atoms with van der Waals surface area (Å²) < 4.78 is 0. The van der Waals surface area contributed by atoms with Crippen LogP contribution in [0.4, 0.5) is 11.4 Å². The fourth-order valence-electron chi connectivity index (χ4n) is 1.03. The van der Waals surface area contributed by atoms with Crippen LogP contribution in [0.25, 0.3) is 0 Å². The second kappa shape index (κ2) is 3.33. The summed E-state index contributed by atoms with van der Waals surface area (Å²) in [6.07, 6.45) is 0. The molecule has 1 aromatic rings. The van der Waals surface area contributed by atoms with E-state index in [-0.39, 0.29) is 22.7 Å². The zero-order valence-corrected chi connectivity index (χ0v) is 7.35. The van der Waals surface area contributed by atoms with Gasteiger partial charge in [-0.2, -0.15) is 0 Å². The van der Waals surface area contributed by atoms with Gasteiger partial charge in [-0.05, 0) is 6.92 Å². The highest BCUT2D eigenvalue weighted by Gasteiger charge is 2.17. The molecule has 0 unspecified atom stereocenters. The molecular formula is C8H8N2O4. The standard InChI is InChI=1S/C8H8N2O4/c1-4(11)5-2-7(10(13)14)6(9)3-8(5)12/h2-3,12H,9H2,1H3. The number of carbonyl (C=O) groups is 1. The van der Waals surface area contributed by atoms with Gasteiger partial charge in [0.2, 0.25) is 0 Å². The minimum Gasteiger partial charge on any atom is -0.507 e. The molecule has 0 aromatic heterocycles. The van der Waals surface area contributed by atoms with Gasteiger partial charge in [0.25, 0.3) is 5.69 Å². The third-order valence-corrected chi connectivity index (χ3v) is 1.72. The Morgan fingerprint density at radius 3 is 2.57 bits per heavy atom. The summed E-state index contributed by atoms with van der Waals surface area (Å²) in [5.74, 6) is -0.800. The number of Topliss-reactive ketones (excluding diaryl/α,β-unsaturated/α-hetero) is 1. The Hall–Kier alpha value is -2.11. The lowest BCUT2D eigenvalue weighted by atomic mass is 10.1. The number of anilines is 1. The molecule has 0 aliphatic rings. The van der Waals surface area contributed by atoms with Crippen LogP contribution in [-0.2, 0) is 0 Å². The number of hydrogen-bond donors (Lipinski definition) is 2. The summed E-state index contributed by atoms with van der Waals surface area (Å²) in [4.78, 5) is 20.7. The Morgan fingerprint density at radius 2 is 2.14 bits per heavy atom. The third-order valence-electron chi connectivity index (χ3n) is 1.72. The van der Waals surface area contributed by atoms with Crippen molar-refractivity contribution in [1.29, 1.82) is 0 Å². The Bertz CT molecular complexity index is 379.